The average Bonchev–Trinajstić information content (AvgIpc) is 3.39. The molecule has 1 amide bonds. The van der Waals surface area contributed by atoms with Crippen LogP contribution < -0.4 is 11.3 Å². The maximum absolute atomic E-state index is 14.0. The number of hydrogen-bond donors (Lipinski definition) is 2. The Bertz CT molecular complexity index is 1470. The maximum atomic E-state index is 14.0. The van der Waals surface area contributed by atoms with E-state index in [9.17, 15) is 46.3 Å². The number of halogens is 3. The topological polar surface area (TPSA) is 176 Å². The van der Waals surface area contributed by atoms with Crippen LogP contribution in [0.15, 0.2) is 46.5 Å². The van der Waals surface area contributed by atoms with Crippen LogP contribution in [-0.4, -0.2) is 63.7 Å². The number of sulfone groups is 1. The Kier molecular flexibility index (Phi) is 5.92. The normalized spacial score (nSPS) is 26.3. The molecule has 2 aromatic rings. The number of aliphatic carboxylic acids is 1. The number of carboxylic acids is 1. The number of benzene rings is 1. The van der Waals surface area contributed by atoms with Gasteiger partial charge in [-0.25, -0.2) is 8.42 Å². The van der Waals surface area contributed by atoms with Crippen LogP contribution in [0.1, 0.15) is 18.4 Å². The number of primary amides is 1. The lowest BCUT2D eigenvalue weighted by Crippen LogP contribution is -2.42. The minimum absolute atomic E-state index is 0.113. The Morgan fingerprint density at radius 2 is 2.00 bits per heavy atom. The summed E-state index contributed by atoms with van der Waals surface area (Å²) in [5.74, 6) is -2.44. The standard InChI is InChI=1S/C21H18F3N5O6S/c22-21(23,24)13-5-11(28-4-3-27-8-17(28)30)1-2-15(13)36(34,35)12-6-14(18(31)32)29(9-12)16-7-20(16,10-25)19(26)33/h1-5,8,12,14,16H,6-7,9H2,(H2,26,33)(H,31,32)/t12-,14+,16?,20?/m1/s1. The van der Waals surface area contributed by atoms with Crippen LogP contribution in [0.3, 0.4) is 0 Å². The van der Waals surface area contributed by atoms with Crippen LogP contribution >= 0.6 is 0 Å². The van der Waals surface area contributed by atoms with Crippen LogP contribution in [0, 0.1) is 16.7 Å². The van der Waals surface area contributed by atoms with Crippen LogP contribution in [0.5, 0.6) is 0 Å². The number of alkyl halides is 3. The van der Waals surface area contributed by atoms with Crippen molar-refractivity contribution in [2.75, 3.05) is 6.54 Å². The summed E-state index contributed by atoms with van der Waals surface area (Å²) in [5, 5.41) is 17.4. The molecule has 0 spiro atoms. The second-order valence-corrected chi connectivity index (χ2v) is 10.8. The zero-order valence-electron chi connectivity index (χ0n) is 18.2. The van der Waals surface area contributed by atoms with E-state index in [1.54, 1.807) is 6.07 Å². The van der Waals surface area contributed by atoms with Gasteiger partial charge in [-0.05, 0) is 31.0 Å². The summed E-state index contributed by atoms with van der Waals surface area (Å²) in [6, 6.07) is 1.59. The number of rotatable bonds is 6. The van der Waals surface area contributed by atoms with E-state index in [0.29, 0.717) is 6.07 Å². The number of nitrogens with zero attached hydrogens (tertiary/aromatic N) is 4. The molecule has 1 aromatic carbocycles. The highest BCUT2D eigenvalue weighted by Crippen LogP contribution is 2.51. The molecule has 0 radical (unpaired) electrons. The third-order valence-electron chi connectivity index (χ3n) is 6.57. The number of amides is 1. The van der Waals surface area contributed by atoms with Crippen molar-refractivity contribution in [1.82, 2.24) is 14.5 Å². The van der Waals surface area contributed by atoms with Gasteiger partial charge in [0.15, 0.2) is 15.3 Å². The lowest BCUT2D eigenvalue weighted by molar-refractivity contribution is -0.143. The summed E-state index contributed by atoms with van der Waals surface area (Å²) < 4.78 is 69.5. The van der Waals surface area contributed by atoms with Gasteiger partial charge in [-0.3, -0.25) is 28.8 Å². The molecule has 2 fully saturated rings. The zero-order valence-corrected chi connectivity index (χ0v) is 19.0. The van der Waals surface area contributed by atoms with E-state index in [1.165, 1.54) is 6.20 Å². The lowest BCUT2D eigenvalue weighted by atomic mass is 10.1. The molecule has 2 heterocycles. The lowest BCUT2D eigenvalue weighted by Gasteiger charge is -2.22. The first-order valence-corrected chi connectivity index (χ1v) is 12.0. The summed E-state index contributed by atoms with van der Waals surface area (Å²) in [4.78, 5) is 39.2. The third-order valence-corrected chi connectivity index (χ3v) is 8.75. The number of nitriles is 1. The molecule has 2 unspecified atom stereocenters. The van der Waals surface area contributed by atoms with Crippen molar-refractivity contribution in [2.24, 2.45) is 11.1 Å². The van der Waals surface area contributed by atoms with Crippen LogP contribution in [0.25, 0.3) is 5.69 Å². The highest BCUT2D eigenvalue weighted by atomic mass is 32.2. The zero-order chi connectivity index (χ0) is 26.6. The van der Waals surface area contributed by atoms with E-state index in [4.69, 9.17) is 5.73 Å². The fourth-order valence-electron chi connectivity index (χ4n) is 4.60. The van der Waals surface area contributed by atoms with Crippen LogP contribution in [-0.2, 0) is 25.6 Å². The molecular weight excluding hydrogens is 507 g/mol. The largest absolute Gasteiger partial charge is 0.480 e. The summed E-state index contributed by atoms with van der Waals surface area (Å²) in [6.45, 7) is -0.510. The molecular formula is C21H18F3N5O6S. The van der Waals surface area contributed by atoms with Crippen LogP contribution in [0.4, 0.5) is 13.2 Å². The minimum Gasteiger partial charge on any atom is -0.480 e. The Morgan fingerprint density at radius 3 is 2.53 bits per heavy atom. The Labute approximate surface area is 201 Å². The second-order valence-electron chi connectivity index (χ2n) is 8.58. The Balaban J connectivity index is 1.75. The maximum Gasteiger partial charge on any atom is 0.417 e. The van der Waals surface area contributed by atoms with Gasteiger partial charge in [0.25, 0.3) is 5.56 Å². The number of nitrogens with two attached hydrogens (primary N) is 1. The molecule has 190 valence electrons. The second kappa shape index (κ2) is 8.42. The van der Waals surface area contributed by atoms with Gasteiger partial charge >= 0.3 is 12.1 Å². The number of hydrogen-bond acceptors (Lipinski definition) is 8. The molecule has 1 saturated heterocycles. The van der Waals surface area contributed by atoms with Crippen molar-refractivity contribution in [3.05, 3.63) is 52.7 Å². The summed E-state index contributed by atoms with van der Waals surface area (Å²) >= 11 is 0. The molecule has 1 aromatic heterocycles. The number of aromatic nitrogens is 2. The van der Waals surface area contributed by atoms with E-state index in [1.807, 2.05) is 0 Å². The molecule has 1 aliphatic carbocycles. The SMILES string of the molecule is N#CC1(C(N)=O)CC1N1C[C@H](S(=O)(=O)c2ccc(-n3ccncc3=O)cc2C(F)(F)F)C[C@H]1C(=O)O. The number of carboxylic acid groups (broad SMARTS) is 1. The van der Waals surface area contributed by atoms with E-state index in [0.717, 1.165) is 34.0 Å². The fraction of sp³-hybridized carbons (Fsp3) is 0.381. The summed E-state index contributed by atoms with van der Waals surface area (Å²) in [7, 11) is -4.75. The molecule has 3 N–H and O–H groups in total. The van der Waals surface area contributed by atoms with Crippen molar-refractivity contribution >= 4 is 21.7 Å². The molecule has 1 saturated carbocycles. The van der Waals surface area contributed by atoms with Crippen molar-refractivity contribution in [1.29, 1.82) is 5.26 Å². The number of carbonyl (C=O) groups excluding carboxylic acids is 1. The van der Waals surface area contributed by atoms with Gasteiger partial charge in [-0.15, -0.1) is 0 Å². The first-order valence-electron chi connectivity index (χ1n) is 10.4. The highest BCUT2D eigenvalue weighted by molar-refractivity contribution is 7.92. The van der Waals surface area contributed by atoms with E-state index in [2.05, 4.69) is 4.98 Å². The van der Waals surface area contributed by atoms with Gasteiger partial charge in [0, 0.05) is 30.7 Å². The van der Waals surface area contributed by atoms with Gasteiger partial charge in [0.1, 0.15) is 6.04 Å². The fourth-order valence-corrected chi connectivity index (χ4v) is 6.50. The molecule has 1 aliphatic heterocycles. The monoisotopic (exact) mass is 525 g/mol. The smallest absolute Gasteiger partial charge is 0.417 e. The third kappa shape index (κ3) is 4.01. The molecule has 4 atom stereocenters. The molecule has 11 nitrogen and oxygen atoms in total. The van der Waals surface area contributed by atoms with E-state index in [-0.39, 0.29) is 12.1 Å². The van der Waals surface area contributed by atoms with E-state index >= 15 is 0 Å². The van der Waals surface area contributed by atoms with Crippen molar-refractivity contribution in [3.8, 4) is 11.8 Å². The van der Waals surface area contributed by atoms with Crippen molar-refractivity contribution in [2.45, 2.75) is 41.2 Å². The van der Waals surface area contributed by atoms with Crippen LogP contribution in [0.2, 0.25) is 0 Å². The number of carbonyl (C=O) groups is 2. The Morgan fingerprint density at radius 1 is 1.31 bits per heavy atom. The van der Waals surface area contributed by atoms with Gasteiger partial charge in [0.2, 0.25) is 5.91 Å². The van der Waals surface area contributed by atoms with Gasteiger partial charge in [0.05, 0.1) is 28.0 Å². The highest BCUT2D eigenvalue weighted by Gasteiger charge is 2.66. The summed E-state index contributed by atoms with van der Waals surface area (Å²) in [5.41, 5.74) is 1.07. The van der Waals surface area contributed by atoms with Gasteiger partial charge in [-0.1, -0.05) is 0 Å². The summed E-state index contributed by atoms with van der Waals surface area (Å²) in [6.07, 6.45) is -2.63. The number of likely N-dealkylation sites (tertiary alicyclic amines) is 1. The predicted octanol–water partition coefficient (Wildman–Crippen LogP) is 0.320. The van der Waals surface area contributed by atoms with Gasteiger partial charge in [-0.2, -0.15) is 18.4 Å². The Hall–Kier alpha value is -3.77. The molecule has 36 heavy (non-hydrogen) atoms. The van der Waals surface area contributed by atoms with Gasteiger partial charge < -0.3 is 10.8 Å². The van der Waals surface area contributed by atoms with E-state index < -0.39 is 79.6 Å². The molecule has 2 aliphatic rings. The quantitative estimate of drug-likeness (QED) is 0.538. The minimum atomic E-state index is -5.13. The first-order chi connectivity index (χ1) is 16.7. The molecule has 0 bridgehead atoms. The van der Waals surface area contributed by atoms with Crippen molar-refractivity contribution < 1.29 is 36.3 Å². The predicted molar refractivity (Wildman–Crippen MR) is 114 cm³/mol. The molecule has 4 rings (SSSR count). The average molecular weight is 525 g/mol. The van der Waals surface area contributed by atoms with Crippen molar-refractivity contribution in [3.63, 3.8) is 0 Å². The first kappa shape index (κ1) is 25.3. The molecule has 15 heteroatoms.